The first-order valence-corrected chi connectivity index (χ1v) is 12.7. The number of rotatable bonds is 7. The summed E-state index contributed by atoms with van der Waals surface area (Å²) in [6.07, 6.45) is 0.485. The van der Waals surface area contributed by atoms with Crippen LogP contribution in [0, 0.1) is 0 Å². The molecule has 0 aromatic heterocycles. The van der Waals surface area contributed by atoms with Crippen molar-refractivity contribution in [2.45, 2.75) is 82.5 Å². The fourth-order valence-electron chi connectivity index (χ4n) is 4.10. The van der Waals surface area contributed by atoms with E-state index in [9.17, 15) is 4.79 Å². The standard InChI is InChI=1S/C21H32O5Si/c1-5-27(6-2,7-3)26-19-13-17-18(25-21(19,4)15-22)14-23-20(24-17)16-11-9-8-10-12-16/h8-12,15,17-20H,5-7,13-14H2,1-4H3/t17-,18+,19+,20+,21-/m0/s1. The lowest BCUT2D eigenvalue weighted by Crippen LogP contribution is -2.62. The Morgan fingerprint density at radius 2 is 1.81 bits per heavy atom. The fourth-order valence-corrected chi connectivity index (χ4v) is 7.03. The van der Waals surface area contributed by atoms with Gasteiger partial charge in [0.05, 0.1) is 18.8 Å². The molecule has 2 fully saturated rings. The first kappa shape index (κ1) is 20.7. The molecule has 2 aliphatic rings. The van der Waals surface area contributed by atoms with Crippen molar-refractivity contribution < 1.29 is 23.4 Å². The van der Waals surface area contributed by atoms with Crippen LogP contribution in [0.4, 0.5) is 0 Å². The lowest BCUT2D eigenvalue weighted by Gasteiger charge is -2.50. The van der Waals surface area contributed by atoms with Gasteiger partial charge in [-0.3, -0.25) is 0 Å². The van der Waals surface area contributed by atoms with Gasteiger partial charge in [-0.05, 0) is 25.1 Å². The van der Waals surface area contributed by atoms with Gasteiger partial charge >= 0.3 is 0 Å². The highest BCUT2D eigenvalue weighted by molar-refractivity contribution is 6.73. The zero-order valence-electron chi connectivity index (χ0n) is 16.9. The molecule has 27 heavy (non-hydrogen) atoms. The predicted octanol–water partition coefficient (Wildman–Crippen LogP) is 4.24. The quantitative estimate of drug-likeness (QED) is 0.513. The number of benzene rings is 1. The molecule has 2 heterocycles. The van der Waals surface area contributed by atoms with Crippen molar-refractivity contribution in [1.29, 1.82) is 0 Å². The smallest absolute Gasteiger partial charge is 0.192 e. The number of carbonyl (C=O) groups is 1. The SMILES string of the molecule is CC[Si](CC)(CC)O[C@@H]1C[C@@H]2O[C@H](c3ccccc3)OC[C@H]2O[C@@]1(C)C=O. The zero-order chi connectivity index (χ0) is 19.5. The number of fused-ring (bicyclic) bond motifs is 1. The van der Waals surface area contributed by atoms with E-state index in [2.05, 4.69) is 20.8 Å². The maximum atomic E-state index is 11.9. The van der Waals surface area contributed by atoms with E-state index in [1.165, 1.54) is 0 Å². The van der Waals surface area contributed by atoms with E-state index in [4.69, 9.17) is 18.6 Å². The second-order valence-corrected chi connectivity index (χ2v) is 12.5. The molecular weight excluding hydrogens is 360 g/mol. The predicted molar refractivity (Wildman–Crippen MR) is 106 cm³/mol. The van der Waals surface area contributed by atoms with Gasteiger partial charge in [-0.25, -0.2) is 0 Å². The number of hydrogen-bond donors (Lipinski definition) is 0. The second-order valence-electron chi connectivity index (χ2n) is 7.79. The Balaban J connectivity index is 1.78. The van der Waals surface area contributed by atoms with Crippen LogP contribution in [0.1, 0.15) is 46.0 Å². The van der Waals surface area contributed by atoms with Gasteiger partial charge in [0.25, 0.3) is 0 Å². The molecule has 5 nitrogen and oxygen atoms in total. The molecule has 2 aliphatic heterocycles. The van der Waals surface area contributed by atoms with Gasteiger partial charge in [0.15, 0.2) is 20.9 Å². The van der Waals surface area contributed by atoms with Crippen molar-refractivity contribution in [3.63, 3.8) is 0 Å². The Kier molecular flexibility index (Phi) is 6.53. The third-order valence-electron chi connectivity index (χ3n) is 6.25. The van der Waals surface area contributed by atoms with Crippen LogP contribution in [-0.2, 0) is 23.4 Å². The van der Waals surface area contributed by atoms with Crippen LogP contribution in [0.3, 0.4) is 0 Å². The molecule has 150 valence electrons. The lowest BCUT2D eigenvalue weighted by molar-refractivity contribution is -0.310. The van der Waals surface area contributed by atoms with Crippen molar-refractivity contribution in [2.75, 3.05) is 6.61 Å². The molecule has 3 rings (SSSR count). The molecule has 0 unspecified atom stereocenters. The minimum Gasteiger partial charge on any atom is -0.410 e. The van der Waals surface area contributed by atoms with Crippen LogP contribution in [0.25, 0.3) is 0 Å². The van der Waals surface area contributed by atoms with Gasteiger partial charge in [0.2, 0.25) is 0 Å². The summed E-state index contributed by atoms with van der Waals surface area (Å²) in [5, 5.41) is 0. The summed E-state index contributed by atoms with van der Waals surface area (Å²) in [6.45, 7) is 8.84. The van der Waals surface area contributed by atoms with Crippen LogP contribution in [0.15, 0.2) is 30.3 Å². The average Bonchev–Trinajstić information content (AvgIpc) is 2.73. The van der Waals surface area contributed by atoms with Crippen LogP contribution >= 0.6 is 0 Å². The summed E-state index contributed by atoms with van der Waals surface area (Å²) in [5.41, 5.74) is 0.0436. The molecular formula is C21H32O5Si. The normalized spacial score (nSPS) is 34.1. The minimum atomic E-state index is -1.87. The van der Waals surface area contributed by atoms with Crippen molar-refractivity contribution in [2.24, 2.45) is 0 Å². The maximum absolute atomic E-state index is 11.9. The molecule has 0 N–H and O–H groups in total. The first-order valence-electron chi connectivity index (χ1n) is 10.1. The lowest BCUT2D eigenvalue weighted by atomic mass is 9.89. The van der Waals surface area contributed by atoms with E-state index in [1.54, 1.807) is 0 Å². The maximum Gasteiger partial charge on any atom is 0.192 e. The topological polar surface area (TPSA) is 54.0 Å². The highest BCUT2D eigenvalue weighted by Crippen LogP contribution is 2.40. The Morgan fingerprint density at radius 1 is 1.15 bits per heavy atom. The Morgan fingerprint density at radius 3 is 2.41 bits per heavy atom. The molecule has 0 amide bonds. The first-order chi connectivity index (χ1) is 13.0. The van der Waals surface area contributed by atoms with Crippen LogP contribution in [0.5, 0.6) is 0 Å². The molecule has 0 radical (unpaired) electrons. The van der Waals surface area contributed by atoms with Gasteiger partial charge in [0.1, 0.15) is 11.7 Å². The molecule has 2 saturated heterocycles. The monoisotopic (exact) mass is 392 g/mol. The van der Waals surface area contributed by atoms with Gasteiger partial charge in [0, 0.05) is 12.0 Å². The van der Waals surface area contributed by atoms with E-state index >= 15 is 0 Å². The van der Waals surface area contributed by atoms with Crippen molar-refractivity contribution in [3.05, 3.63) is 35.9 Å². The molecule has 0 saturated carbocycles. The number of ether oxygens (including phenoxy) is 3. The highest BCUT2D eigenvalue weighted by Gasteiger charge is 2.51. The Bertz CT molecular complexity index is 612. The second kappa shape index (κ2) is 8.53. The molecule has 1 aromatic rings. The van der Waals surface area contributed by atoms with Crippen molar-refractivity contribution >= 4 is 14.6 Å². The summed E-state index contributed by atoms with van der Waals surface area (Å²) >= 11 is 0. The summed E-state index contributed by atoms with van der Waals surface area (Å²) in [7, 11) is -1.87. The van der Waals surface area contributed by atoms with Crippen LogP contribution in [-0.4, -0.2) is 45.1 Å². The third-order valence-corrected chi connectivity index (χ3v) is 10.9. The van der Waals surface area contributed by atoms with E-state index in [1.807, 2.05) is 37.3 Å². The number of hydrogen-bond acceptors (Lipinski definition) is 5. The van der Waals surface area contributed by atoms with Gasteiger partial charge in [-0.15, -0.1) is 0 Å². The van der Waals surface area contributed by atoms with Crippen LogP contribution in [0.2, 0.25) is 18.1 Å². The van der Waals surface area contributed by atoms with E-state index in [-0.39, 0.29) is 18.3 Å². The highest BCUT2D eigenvalue weighted by atomic mass is 28.4. The summed E-state index contributed by atoms with van der Waals surface area (Å²) in [5.74, 6) is 0. The summed E-state index contributed by atoms with van der Waals surface area (Å²) in [6, 6.07) is 13.0. The minimum absolute atomic E-state index is 0.140. The van der Waals surface area contributed by atoms with E-state index in [0.717, 1.165) is 30.0 Å². The average molecular weight is 393 g/mol. The largest absolute Gasteiger partial charge is 0.410 e. The van der Waals surface area contributed by atoms with Gasteiger partial charge in [-0.2, -0.15) is 0 Å². The number of carbonyl (C=O) groups excluding carboxylic acids is 1. The van der Waals surface area contributed by atoms with Gasteiger partial charge in [-0.1, -0.05) is 51.1 Å². The molecule has 0 aliphatic carbocycles. The summed E-state index contributed by atoms with van der Waals surface area (Å²) < 4.78 is 25.0. The third kappa shape index (κ3) is 4.20. The zero-order valence-corrected chi connectivity index (χ0v) is 17.9. The van der Waals surface area contributed by atoms with E-state index < -0.39 is 20.2 Å². The number of aldehydes is 1. The molecule has 1 aromatic carbocycles. The molecule has 0 spiro atoms. The Hall–Kier alpha value is -1.05. The fraction of sp³-hybridized carbons (Fsp3) is 0.667. The van der Waals surface area contributed by atoms with E-state index in [0.29, 0.717) is 13.0 Å². The molecule has 6 heteroatoms. The van der Waals surface area contributed by atoms with Crippen molar-refractivity contribution in [1.82, 2.24) is 0 Å². The summed E-state index contributed by atoms with van der Waals surface area (Å²) in [4.78, 5) is 11.9. The molecule has 0 bridgehead atoms. The molecule has 5 atom stereocenters. The van der Waals surface area contributed by atoms with Crippen LogP contribution < -0.4 is 0 Å². The Labute approximate surface area is 163 Å². The van der Waals surface area contributed by atoms with Crippen molar-refractivity contribution in [3.8, 4) is 0 Å². The van der Waals surface area contributed by atoms with Gasteiger partial charge < -0.3 is 23.4 Å².